The minimum absolute atomic E-state index is 0.117. The van der Waals surface area contributed by atoms with Gasteiger partial charge in [0.1, 0.15) is 57.5 Å². The van der Waals surface area contributed by atoms with E-state index in [0.29, 0.717) is 146 Å². The third-order valence-electron chi connectivity index (χ3n) is 21.8. The summed E-state index contributed by atoms with van der Waals surface area (Å²) < 4.78 is 59.7. The summed E-state index contributed by atoms with van der Waals surface area (Å²) in [6.45, 7) is 11.4. The highest BCUT2D eigenvalue weighted by molar-refractivity contribution is 6.33. The van der Waals surface area contributed by atoms with Crippen molar-refractivity contribution >= 4 is 46.0 Å². The first-order valence-corrected chi connectivity index (χ1v) is 41.2. The zero-order chi connectivity index (χ0) is 83.9. The van der Waals surface area contributed by atoms with E-state index in [1.165, 1.54) is 70.2 Å². The Morgan fingerprint density at radius 1 is 0.310 bits per heavy atom. The molecule has 0 aliphatic heterocycles. The van der Waals surface area contributed by atoms with Crippen molar-refractivity contribution in [3.8, 4) is 57.1 Å². The van der Waals surface area contributed by atoms with Gasteiger partial charge in [-0.1, -0.05) is 50.9 Å². The number of hydrogen-bond donors (Lipinski definition) is 4. The highest BCUT2D eigenvalue weighted by Gasteiger charge is 2.29. The Morgan fingerprint density at radius 2 is 0.509 bits per heavy atom. The first kappa shape index (κ1) is 91.4. The van der Waals surface area contributed by atoms with Crippen LogP contribution < -0.4 is 53.0 Å². The SMILES string of the molecule is CCc1nc(-c2cc3c(cc2Cl)CCC3)n(C)c(=O)c1NC(COC)COC.CCc1nc(-c2cc3c(cc2Cl)CCCC3)n(C)c(=O)c1NC(COC)COC.CCc1nc(-c2cc3c(cc2OC)CCC3)n(C)c(=O)c1NC(COC)COC.CCc1nc(-c2cc3c(cc2OC)CCCC3)n(C)c(=O)c1NC(COC)COC. The van der Waals surface area contributed by atoms with E-state index in [9.17, 15) is 19.2 Å². The average molecular weight is 1640 g/mol. The molecular formula is C88H122Cl2N12O14. The Balaban J connectivity index is 0.000000177. The van der Waals surface area contributed by atoms with Crippen LogP contribution in [0.3, 0.4) is 0 Å². The number of rotatable bonds is 34. The first-order chi connectivity index (χ1) is 56.1. The van der Waals surface area contributed by atoms with Crippen LogP contribution in [-0.2, 0) is 143 Å². The van der Waals surface area contributed by atoms with Crippen LogP contribution in [-0.4, -0.2) is 186 Å². The van der Waals surface area contributed by atoms with Crippen LogP contribution >= 0.6 is 23.2 Å². The van der Waals surface area contributed by atoms with Crippen LogP contribution in [0.1, 0.15) is 134 Å². The molecule has 0 spiro atoms. The number of aromatic nitrogens is 8. The number of fused-ring (bicyclic) bond motifs is 4. The van der Waals surface area contributed by atoms with Crippen molar-refractivity contribution in [2.45, 2.75) is 167 Å². The van der Waals surface area contributed by atoms with Gasteiger partial charge in [0.25, 0.3) is 22.2 Å². The number of nitrogens with zero attached hydrogens (tertiary/aromatic N) is 8. The fraction of sp³-hybridized carbons (Fsp3) is 0.545. The Morgan fingerprint density at radius 3 is 0.724 bits per heavy atom. The molecule has 12 rings (SSSR count). The average Bonchev–Trinajstić information content (AvgIpc) is 1.27. The molecule has 4 aromatic carbocycles. The van der Waals surface area contributed by atoms with Gasteiger partial charge in [-0.15, -0.1) is 0 Å². The number of anilines is 4. The van der Waals surface area contributed by atoms with Crippen molar-refractivity contribution in [3.05, 3.63) is 167 Å². The second-order valence-electron chi connectivity index (χ2n) is 29.9. The molecule has 0 saturated carbocycles. The molecule has 8 aromatic rings. The lowest BCUT2D eigenvalue weighted by Gasteiger charge is -2.22. The maximum Gasteiger partial charge on any atom is 0.277 e. The summed E-state index contributed by atoms with van der Waals surface area (Å²) in [6, 6.07) is 16.2. The first-order valence-electron chi connectivity index (χ1n) is 40.5. The molecule has 632 valence electrons. The number of methoxy groups -OCH3 is 10. The summed E-state index contributed by atoms with van der Waals surface area (Å²) in [7, 11) is 23.4. The molecule has 4 heterocycles. The third kappa shape index (κ3) is 21.9. The summed E-state index contributed by atoms with van der Waals surface area (Å²) >= 11 is 13.2. The maximum atomic E-state index is 13.3. The Labute approximate surface area is 693 Å². The van der Waals surface area contributed by atoms with Crippen LogP contribution in [0.25, 0.3) is 45.6 Å². The van der Waals surface area contributed by atoms with E-state index in [1.807, 2.05) is 39.8 Å². The fourth-order valence-corrected chi connectivity index (χ4v) is 16.4. The summed E-state index contributed by atoms with van der Waals surface area (Å²) in [5, 5.41) is 14.4. The topological polar surface area (TPSA) is 280 Å². The van der Waals surface area contributed by atoms with Crippen LogP contribution in [0, 0.1) is 0 Å². The molecule has 4 aromatic heterocycles. The van der Waals surface area contributed by atoms with E-state index < -0.39 is 0 Å². The van der Waals surface area contributed by atoms with Gasteiger partial charge in [0, 0.05) is 96.2 Å². The van der Waals surface area contributed by atoms with Gasteiger partial charge >= 0.3 is 0 Å². The quantitative estimate of drug-likeness (QED) is 0.0292. The van der Waals surface area contributed by atoms with Crippen LogP contribution in [0.4, 0.5) is 22.7 Å². The molecule has 0 atom stereocenters. The number of benzene rings is 4. The highest BCUT2D eigenvalue weighted by atomic mass is 35.5. The number of aryl methyl sites for hydroxylation is 12. The fourth-order valence-electron chi connectivity index (χ4n) is 15.8. The smallest absolute Gasteiger partial charge is 0.277 e. The molecule has 0 bridgehead atoms. The van der Waals surface area contributed by atoms with Gasteiger partial charge in [0.05, 0.1) is 135 Å². The molecule has 28 heteroatoms. The van der Waals surface area contributed by atoms with Crippen molar-refractivity contribution in [3.63, 3.8) is 0 Å². The number of hydrogen-bond acceptors (Lipinski definition) is 22. The molecule has 116 heavy (non-hydrogen) atoms. The van der Waals surface area contributed by atoms with Crippen molar-refractivity contribution in [2.24, 2.45) is 28.2 Å². The lowest BCUT2D eigenvalue weighted by Crippen LogP contribution is -2.35. The minimum Gasteiger partial charge on any atom is -0.496 e. The minimum atomic E-state index is -0.136. The number of ether oxygens (including phenoxy) is 10. The molecule has 0 amide bonds. The summed E-state index contributed by atoms with van der Waals surface area (Å²) in [4.78, 5) is 72.4. The van der Waals surface area contributed by atoms with Crippen molar-refractivity contribution in [1.29, 1.82) is 0 Å². The Hall–Kier alpha value is -8.54. The van der Waals surface area contributed by atoms with E-state index in [0.717, 1.165) is 109 Å². The Kier molecular flexibility index (Phi) is 34.9. The van der Waals surface area contributed by atoms with E-state index in [1.54, 1.807) is 118 Å². The summed E-state index contributed by atoms with van der Waals surface area (Å²) in [5.41, 5.74) is 18.3. The molecule has 4 aliphatic rings. The van der Waals surface area contributed by atoms with Crippen molar-refractivity contribution < 1.29 is 47.4 Å². The van der Waals surface area contributed by atoms with Crippen molar-refractivity contribution in [1.82, 2.24) is 38.2 Å². The predicted octanol–water partition coefficient (Wildman–Crippen LogP) is 12.4. The van der Waals surface area contributed by atoms with Gasteiger partial charge in [0.15, 0.2) is 0 Å². The van der Waals surface area contributed by atoms with Gasteiger partial charge < -0.3 is 68.6 Å². The molecule has 4 N–H and O–H groups in total. The van der Waals surface area contributed by atoms with Gasteiger partial charge in [-0.25, -0.2) is 19.9 Å². The van der Waals surface area contributed by atoms with Gasteiger partial charge in [-0.05, 0) is 209 Å². The second-order valence-corrected chi connectivity index (χ2v) is 30.7. The lowest BCUT2D eigenvalue weighted by molar-refractivity contribution is 0.126. The van der Waals surface area contributed by atoms with Gasteiger partial charge in [-0.3, -0.25) is 37.4 Å². The number of halogens is 2. The third-order valence-corrected chi connectivity index (χ3v) is 22.4. The van der Waals surface area contributed by atoms with Crippen LogP contribution in [0.15, 0.2) is 67.7 Å². The zero-order valence-electron chi connectivity index (χ0n) is 71.4. The highest BCUT2D eigenvalue weighted by Crippen LogP contribution is 2.40. The molecule has 0 saturated heterocycles. The Bertz CT molecular complexity index is 4890. The normalized spacial score (nSPS) is 13.3. The van der Waals surface area contributed by atoms with E-state index in [4.69, 9.17) is 90.5 Å². The van der Waals surface area contributed by atoms with E-state index in [-0.39, 0.29) is 46.4 Å². The summed E-state index contributed by atoms with van der Waals surface area (Å²) in [5.74, 6) is 3.97. The van der Waals surface area contributed by atoms with Crippen LogP contribution in [0.2, 0.25) is 10.0 Å². The largest absolute Gasteiger partial charge is 0.496 e. The maximum absolute atomic E-state index is 13.3. The lowest BCUT2D eigenvalue weighted by atomic mass is 9.89. The second kappa shape index (κ2) is 44.3. The van der Waals surface area contributed by atoms with Crippen molar-refractivity contribution in [2.75, 3.05) is 145 Å². The molecule has 4 aliphatic carbocycles. The molecule has 0 unspecified atom stereocenters. The monoisotopic (exact) mass is 1640 g/mol. The van der Waals surface area contributed by atoms with Gasteiger partial charge in [0.2, 0.25) is 0 Å². The molecular weight excluding hydrogens is 1520 g/mol. The summed E-state index contributed by atoms with van der Waals surface area (Å²) in [6.07, 6.45) is 18.0. The molecule has 0 radical (unpaired) electrons. The zero-order valence-corrected chi connectivity index (χ0v) is 72.9. The van der Waals surface area contributed by atoms with E-state index >= 15 is 0 Å². The van der Waals surface area contributed by atoms with E-state index in [2.05, 4.69) is 57.7 Å². The van der Waals surface area contributed by atoms with Crippen LogP contribution in [0.5, 0.6) is 11.5 Å². The van der Waals surface area contributed by atoms with Gasteiger partial charge in [-0.2, -0.15) is 0 Å². The standard InChI is InChI=1S/C23H33N3O4.C22H30ClN3O3.C22H31N3O4.C21H28ClN3O3/c1-6-19-21(24-17(13-28-3)14-29-4)23(27)26(2)22(25-19)18-11-15-9-7-8-10-16(15)12-20(18)30-5;1-5-19-20(24-16(12-28-3)13-29-4)22(27)26(2)21(25-19)17-10-14-8-6-7-9-15(14)11-18(17)23;1-6-18-20(23-16(12-27-3)13-28-4)22(26)25(2)21(24-18)17-10-14-8-7-9-15(14)11-19(17)29-5;1-5-18-19(23-15(11-27-3)12-28-4)21(26)25(2)20(24-18)16-9-13-7-6-8-14(13)10-17(16)22/h11-12,17,24H,6-10,13-14H2,1-5H3;10-11,16,24H,5-9,12-13H2,1-4H3;10-11,16,23H,6-9,12-13H2,1-5H3;9-10,15,23H,5-8,11-12H2,1-4H3. The molecule has 0 fully saturated rings. The molecule has 26 nitrogen and oxygen atoms in total. The number of nitrogens with one attached hydrogen (secondary N) is 4. The predicted molar refractivity (Wildman–Crippen MR) is 462 cm³/mol.